The average Bonchev–Trinajstić information content (AvgIpc) is 2.41. The minimum Gasteiger partial charge on any atom is -0.460 e. The molecule has 2 rings (SSSR count). The molecule has 1 fully saturated rings. The maximum Gasteiger partial charge on any atom is 0.317 e. The second-order valence-electron chi connectivity index (χ2n) is 5.67. The third-order valence-corrected chi connectivity index (χ3v) is 4.03. The number of ether oxygens (including phenoxy) is 1. The zero-order valence-corrected chi connectivity index (χ0v) is 12.2. The Morgan fingerprint density at radius 3 is 2.75 bits per heavy atom. The monoisotopic (exact) mass is 278 g/mol. The minimum atomic E-state index is -0.0361. The fraction of sp³-hybridized carbons (Fsp3) is 0.643. The lowest BCUT2D eigenvalue weighted by atomic mass is 9.80. The summed E-state index contributed by atoms with van der Waals surface area (Å²) < 4.78 is 5.88. The number of nitrogens with zero attached hydrogens (tertiary/aromatic N) is 3. The average molecular weight is 278 g/mol. The predicted molar refractivity (Wildman–Crippen MR) is 75.9 cm³/mol. The van der Waals surface area contributed by atoms with Crippen LogP contribution in [0.5, 0.6) is 6.01 Å². The van der Waals surface area contributed by atoms with Crippen LogP contribution < -0.4 is 10.5 Å². The van der Waals surface area contributed by atoms with Crippen molar-refractivity contribution in [2.24, 2.45) is 22.7 Å². The summed E-state index contributed by atoms with van der Waals surface area (Å²) in [5.41, 5.74) is 6.67. The highest BCUT2D eigenvalue weighted by atomic mass is 16.5. The summed E-state index contributed by atoms with van der Waals surface area (Å²) in [6.07, 6.45) is 3.33. The van der Waals surface area contributed by atoms with Crippen LogP contribution in [0.15, 0.2) is 11.2 Å². The molecule has 6 nitrogen and oxygen atoms in total. The van der Waals surface area contributed by atoms with E-state index < -0.39 is 0 Å². The first-order chi connectivity index (χ1) is 9.49. The summed E-state index contributed by atoms with van der Waals surface area (Å²) in [4.78, 5) is 8.46. The molecular weight excluding hydrogens is 256 g/mol. The fourth-order valence-corrected chi connectivity index (χ4v) is 2.53. The van der Waals surface area contributed by atoms with E-state index in [1.165, 1.54) is 0 Å². The summed E-state index contributed by atoms with van der Waals surface area (Å²) in [7, 11) is 0. The molecule has 3 atom stereocenters. The summed E-state index contributed by atoms with van der Waals surface area (Å²) in [5, 5.41) is 11.7. The molecule has 110 valence electrons. The third-order valence-electron chi connectivity index (χ3n) is 4.03. The molecule has 1 heterocycles. The number of oxime groups is 1. The molecule has 0 aliphatic heterocycles. The largest absolute Gasteiger partial charge is 0.460 e. The maximum absolute atomic E-state index is 8.72. The van der Waals surface area contributed by atoms with E-state index in [1.807, 2.05) is 6.92 Å². The summed E-state index contributed by atoms with van der Waals surface area (Å²) in [6.45, 7) is 6.36. The van der Waals surface area contributed by atoms with Gasteiger partial charge in [0.25, 0.3) is 0 Å². The van der Waals surface area contributed by atoms with Gasteiger partial charge in [0, 0.05) is 5.69 Å². The molecule has 0 aromatic carbocycles. The number of rotatable bonds is 3. The van der Waals surface area contributed by atoms with Gasteiger partial charge in [-0.25, -0.2) is 4.98 Å². The van der Waals surface area contributed by atoms with Gasteiger partial charge in [0.15, 0.2) is 5.84 Å². The van der Waals surface area contributed by atoms with E-state index in [2.05, 4.69) is 29.0 Å². The molecule has 1 aliphatic carbocycles. The zero-order valence-electron chi connectivity index (χ0n) is 12.2. The highest BCUT2D eigenvalue weighted by Gasteiger charge is 2.26. The van der Waals surface area contributed by atoms with Gasteiger partial charge in [-0.1, -0.05) is 19.0 Å². The predicted octanol–water partition coefficient (Wildman–Crippen LogP) is 2.08. The van der Waals surface area contributed by atoms with Gasteiger partial charge in [-0.15, -0.1) is 0 Å². The quantitative estimate of drug-likeness (QED) is 0.382. The summed E-state index contributed by atoms with van der Waals surface area (Å²) in [6, 6.07) is 1.96. The standard InChI is InChI=1S/C14H22N4O2/c1-8-4-5-11(6-9(8)2)20-14-16-10(3)7-12(17-14)13(15)18-19/h7-9,11,19H,4-6H2,1-3H3,(H2,15,18). The molecule has 1 aromatic rings. The molecular formula is C14H22N4O2. The van der Waals surface area contributed by atoms with E-state index in [0.717, 1.165) is 30.9 Å². The van der Waals surface area contributed by atoms with Crippen LogP contribution in [0.1, 0.15) is 44.5 Å². The molecule has 1 saturated carbocycles. The summed E-state index contributed by atoms with van der Waals surface area (Å²) >= 11 is 0. The Labute approximate surface area is 119 Å². The van der Waals surface area contributed by atoms with Gasteiger partial charge in [-0.2, -0.15) is 4.98 Å². The first-order valence-corrected chi connectivity index (χ1v) is 6.99. The van der Waals surface area contributed by atoms with Gasteiger partial charge < -0.3 is 15.7 Å². The molecule has 0 spiro atoms. The molecule has 0 amide bonds. The van der Waals surface area contributed by atoms with E-state index in [4.69, 9.17) is 15.7 Å². The number of hydrogen-bond acceptors (Lipinski definition) is 5. The molecule has 1 aliphatic rings. The van der Waals surface area contributed by atoms with Crippen molar-refractivity contribution < 1.29 is 9.94 Å². The van der Waals surface area contributed by atoms with Gasteiger partial charge in [-0.05, 0) is 44.1 Å². The van der Waals surface area contributed by atoms with Gasteiger partial charge in [0.1, 0.15) is 11.8 Å². The van der Waals surface area contributed by atoms with Crippen LogP contribution in [0, 0.1) is 18.8 Å². The van der Waals surface area contributed by atoms with Crippen LogP contribution in [0.2, 0.25) is 0 Å². The van der Waals surface area contributed by atoms with Crippen LogP contribution >= 0.6 is 0 Å². The Kier molecular flexibility index (Phi) is 4.42. The SMILES string of the molecule is Cc1cc(/C(N)=N/O)nc(OC2CCC(C)C(C)C2)n1. The normalized spacial score (nSPS) is 27.4. The van der Waals surface area contributed by atoms with Crippen LogP contribution in [0.3, 0.4) is 0 Å². The molecule has 20 heavy (non-hydrogen) atoms. The van der Waals surface area contributed by atoms with Gasteiger partial charge >= 0.3 is 6.01 Å². The maximum atomic E-state index is 8.72. The lowest BCUT2D eigenvalue weighted by Gasteiger charge is -2.31. The number of nitrogens with two attached hydrogens (primary N) is 1. The van der Waals surface area contributed by atoms with Crippen molar-refractivity contribution in [3.63, 3.8) is 0 Å². The van der Waals surface area contributed by atoms with Gasteiger partial charge in [-0.3, -0.25) is 0 Å². The molecule has 0 bridgehead atoms. The molecule has 3 unspecified atom stereocenters. The molecule has 1 aromatic heterocycles. The van der Waals surface area contributed by atoms with Crippen molar-refractivity contribution in [2.75, 3.05) is 0 Å². The zero-order chi connectivity index (χ0) is 14.7. The van der Waals surface area contributed by atoms with Crippen molar-refractivity contribution >= 4 is 5.84 Å². The van der Waals surface area contributed by atoms with Crippen LogP contribution in [0.4, 0.5) is 0 Å². The Morgan fingerprint density at radius 2 is 2.10 bits per heavy atom. The van der Waals surface area contributed by atoms with E-state index >= 15 is 0 Å². The Hall–Kier alpha value is -1.85. The van der Waals surface area contributed by atoms with Crippen LogP contribution in [-0.2, 0) is 0 Å². The van der Waals surface area contributed by atoms with E-state index in [9.17, 15) is 0 Å². The molecule has 0 saturated heterocycles. The number of amidine groups is 1. The van der Waals surface area contributed by atoms with E-state index in [1.54, 1.807) is 6.07 Å². The lowest BCUT2D eigenvalue weighted by molar-refractivity contribution is 0.0917. The molecule has 6 heteroatoms. The second-order valence-corrected chi connectivity index (χ2v) is 5.67. The molecule has 3 N–H and O–H groups in total. The first kappa shape index (κ1) is 14.6. The first-order valence-electron chi connectivity index (χ1n) is 6.99. The topological polar surface area (TPSA) is 93.6 Å². The Bertz CT molecular complexity index is 504. The van der Waals surface area contributed by atoms with Crippen LogP contribution in [-0.4, -0.2) is 27.1 Å². The number of hydrogen-bond donors (Lipinski definition) is 2. The highest BCUT2D eigenvalue weighted by Crippen LogP contribution is 2.31. The Morgan fingerprint density at radius 1 is 1.35 bits per heavy atom. The third kappa shape index (κ3) is 3.37. The van der Waals surface area contributed by atoms with Crippen molar-refractivity contribution in [1.82, 2.24) is 9.97 Å². The minimum absolute atomic E-state index is 0.0361. The molecule has 0 radical (unpaired) electrons. The number of aromatic nitrogens is 2. The van der Waals surface area contributed by atoms with Crippen molar-refractivity contribution in [3.8, 4) is 6.01 Å². The van der Waals surface area contributed by atoms with Crippen molar-refractivity contribution in [1.29, 1.82) is 0 Å². The fourth-order valence-electron chi connectivity index (χ4n) is 2.53. The van der Waals surface area contributed by atoms with Crippen LogP contribution in [0.25, 0.3) is 0 Å². The van der Waals surface area contributed by atoms with Crippen molar-refractivity contribution in [2.45, 2.75) is 46.1 Å². The van der Waals surface area contributed by atoms with E-state index in [0.29, 0.717) is 17.6 Å². The second kappa shape index (κ2) is 6.07. The lowest BCUT2D eigenvalue weighted by Crippen LogP contribution is -2.29. The highest BCUT2D eigenvalue weighted by molar-refractivity contribution is 5.95. The van der Waals surface area contributed by atoms with Crippen molar-refractivity contribution in [3.05, 3.63) is 17.5 Å². The van der Waals surface area contributed by atoms with E-state index in [-0.39, 0.29) is 11.9 Å². The smallest absolute Gasteiger partial charge is 0.317 e. The van der Waals surface area contributed by atoms with Gasteiger partial charge in [0.05, 0.1) is 0 Å². The number of aryl methyl sites for hydroxylation is 1. The summed E-state index contributed by atoms with van der Waals surface area (Å²) in [5.74, 6) is 1.34. The Balaban J connectivity index is 2.11. The van der Waals surface area contributed by atoms with Gasteiger partial charge in [0.2, 0.25) is 0 Å².